The third-order valence-corrected chi connectivity index (χ3v) is 5.06. The van der Waals surface area contributed by atoms with Crippen molar-refractivity contribution in [2.24, 2.45) is 0 Å². The van der Waals surface area contributed by atoms with Crippen LogP contribution in [0.4, 0.5) is 17.6 Å². The Balaban J connectivity index is 1.59. The molecule has 2 aromatic rings. The van der Waals surface area contributed by atoms with Crippen LogP contribution >= 0.6 is 15.9 Å². The van der Waals surface area contributed by atoms with E-state index in [1.165, 1.54) is 0 Å². The largest absolute Gasteiger partial charge is 0.367 e. The van der Waals surface area contributed by atoms with Crippen molar-refractivity contribution in [3.05, 3.63) is 34.6 Å². The Morgan fingerprint density at radius 3 is 2.58 bits per heavy atom. The van der Waals surface area contributed by atoms with Crippen LogP contribution in [0.15, 0.2) is 28.9 Å². The smallest absolute Gasteiger partial charge is 0.226 e. The molecule has 128 valence electrons. The highest BCUT2D eigenvalue weighted by Crippen LogP contribution is 2.23. The fourth-order valence-corrected chi connectivity index (χ4v) is 3.03. The number of anilines is 3. The normalized spacial score (nSPS) is 15.4. The zero-order valence-corrected chi connectivity index (χ0v) is 15.9. The van der Waals surface area contributed by atoms with Crippen molar-refractivity contribution in [1.82, 2.24) is 15.0 Å². The number of nitrogens with one attached hydrogen (secondary N) is 1. The molecular formula is C17H23BrN6. The molecule has 2 aromatic heterocycles. The van der Waals surface area contributed by atoms with E-state index in [2.05, 4.69) is 53.2 Å². The number of aryl methyl sites for hydroxylation is 1. The van der Waals surface area contributed by atoms with E-state index in [9.17, 15) is 0 Å². The summed E-state index contributed by atoms with van der Waals surface area (Å²) in [6, 6.07) is 6.52. The van der Waals surface area contributed by atoms with Gasteiger partial charge in [-0.05, 0) is 53.9 Å². The molecule has 7 heteroatoms. The van der Waals surface area contributed by atoms with E-state index in [-0.39, 0.29) is 0 Å². The Hall–Kier alpha value is -1.89. The molecule has 0 spiro atoms. The quantitative estimate of drug-likeness (QED) is 0.865. The van der Waals surface area contributed by atoms with Gasteiger partial charge in [-0.25, -0.2) is 9.97 Å². The number of piperidine rings is 1. The first-order valence-corrected chi connectivity index (χ1v) is 8.97. The number of pyridine rings is 1. The minimum absolute atomic E-state index is 0.433. The Kier molecular flexibility index (Phi) is 5.18. The summed E-state index contributed by atoms with van der Waals surface area (Å²) in [6.45, 7) is 4.02. The summed E-state index contributed by atoms with van der Waals surface area (Å²) in [5.74, 6) is 2.68. The second-order valence-electron chi connectivity index (χ2n) is 6.28. The highest BCUT2D eigenvalue weighted by atomic mass is 79.9. The van der Waals surface area contributed by atoms with Gasteiger partial charge in [-0.1, -0.05) is 0 Å². The first-order valence-electron chi connectivity index (χ1n) is 8.18. The predicted molar refractivity (Wildman–Crippen MR) is 102 cm³/mol. The van der Waals surface area contributed by atoms with E-state index in [4.69, 9.17) is 0 Å². The summed E-state index contributed by atoms with van der Waals surface area (Å²) in [6.07, 6.45) is 3.94. The van der Waals surface area contributed by atoms with Crippen LogP contribution in [0.5, 0.6) is 0 Å². The maximum absolute atomic E-state index is 4.67. The first-order chi connectivity index (χ1) is 11.5. The predicted octanol–water partition coefficient (Wildman–Crippen LogP) is 3.09. The monoisotopic (exact) mass is 390 g/mol. The van der Waals surface area contributed by atoms with Crippen molar-refractivity contribution < 1.29 is 0 Å². The average molecular weight is 391 g/mol. The van der Waals surface area contributed by atoms with E-state index in [1.54, 1.807) is 6.20 Å². The molecule has 1 aliphatic heterocycles. The van der Waals surface area contributed by atoms with Crippen molar-refractivity contribution in [3.63, 3.8) is 0 Å². The Labute approximate surface area is 151 Å². The van der Waals surface area contributed by atoms with Gasteiger partial charge in [0.2, 0.25) is 5.95 Å². The van der Waals surface area contributed by atoms with E-state index in [1.807, 2.05) is 32.0 Å². The molecule has 1 aliphatic rings. The SMILES string of the molecule is Cc1nc(N2CCC(Nc3ccnc(N(C)C)n3)CC2)ccc1Br. The number of hydrogen-bond donors (Lipinski definition) is 1. The van der Waals surface area contributed by atoms with Crippen molar-refractivity contribution in [2.75, 3.05) is 42.3 Å². The van der Waals surface area contributed by atoms with E-state index in [0.29, 0.717) is 6.04 Å². The third kappa shape index (κ3) is 3.95. The van der Waals surface area contributed by atoms with Crippen LogP contribution in [-0.4, -0.2) is 48.2 Å². The van der Waals surface area contributed by atoms with Gasteiger partial charge in [0.25, 0.3) is 0 Å². The molecule has 1 saturated heterocycles. The Morgan fingerprint density at radius 2 is 1.92 bits per heavy atom. The van der Waals surface area contributed by atoms with Crippen molar-refractivity contribution in [2.45, 2.75) is 25.8 Å². The minimum Gasteiger partial charge on any atom is -0.367 e. The van der Waals surface area contributed by atoms with Crippen LogP contribution in [0.25, 0.3) is 0 Å². The van der Waals surface area contributed by atoms with Gasteiger partial charge in [-0.15, -0.1) is 0 Å². The summed E-state index contributed by atoms with van der Waals surface area (Å²) >= 11 is 3.51. The van der Waals surface area contributed by atoms with Crippen LogP contribution in [0, 0.1) is 6.92 Å². The molecule has 24 heavy (non-hydrogen) atoms. The standard InChI is InChI=1S/C17H23BrN6/c1-12-14(18)4-5-16(20-12)24-10-7-13(8-11-24)21-15-6-9-19-17(22-15)23(2)3/h4-6,9,13H,7-8,10-11H2,1-3H3,(H,19,21,22). The topological polar surface area (TPSA) is 57.2 Å². The van der Waals surface area contributed by atoms with Gasteiger partial charge in [0.15, 0.2) is 0 Å². The summed E-state index contributed by atoms with van der Waals surface area (Å²) < 4.78 is 1.06. The molecule has 3 heterocycles. The van der Waals surface area contributed by atoms with Crippen LogP contribution in [0.3, 0.4) is 0 Å². The number of rotatable bonds is 4. The van der Waals surface area contributed by atoms with E-state index < -0.39 is 0 Å². The minimum atomic E-state index is 0.433. The molecule has 1 fully saturated rings. The molecule has 0 bridgehead atoms. The fraction of sp³-hybridized carbons (Fsp3) is 0.471. The van der Waals surface area contributed by atoms with Crippen LogP contribution < -0.4 is 15.1 Å². The molecular weight excluding hydrogens is 368 g/mol. The second-order valence-corrected chi connectivity index (χ2v) is 7.13. The van der Waals surface area contributed by atoms with Crippen LogP contribution in [-0.2, 0) is 0 Å². The summed E-state index contributed by atoms with van der Waals surface area (Å²) in [7, 11) is 3.90. The van der Waals surface area contributed by atoms with Gasteiger partial charge in [-0.3, -0.25) is 0 Å². The van der Waals surface area contributed by atoms with Gasteiger partial charge in [0, 0.05) is 43.9 Å². The van der Waals surface area contributed by atoms with Gasteiger partial charge >= 0.3 is 0 Å². The number of nitrogens with zero attached hydrogens (tertiary/aromatic N) is 5. The number of hydrogen-bond acceptors (Lipinski definition) is 6. The zero-order chi connectivity index (χ0) is 17.1. The van der Waals surface area contributed by atoms with E-state index in [0.717, 1.165) is 53.7 Å². The summed E-state index contributed by atoms with van der Waals surface area (Å²) in [4.78, 5) is 17.7. The van der Waals surface area contributed by atoms with E-state index >= 15 is 0 Å². The number of aromatic nitrogens is 3. The maximum Gasteiger partial charge on any atom is 0.226 e. The number of halogens is 1. The molecule has 0 aromatic carbocycles. The highest BCUT2D eigenvalue weighted by Gasteiger charge is 2.20. The lowest BCUT2D eigenvalue weighted by molar-refractivity contribution is 0.522. The second kappa shape index (κ2) is 7.34. The molecule has 0 unspecified atom stereocenters. The van der Waals surface area contributed by atoms with Crippen molar-refractivity contribution >= 4 is 33.5 Å². The summed E-state index contributed by atoms with van der Waals surface area (Å²) in [5.41, 5.74) is 1.03. The molecule has 0 atom stereocenters. The van der Waals surface area contributed by atoms with Gasteiger partial charge in [0.05, 0.1) is 5.69 Å². The lowest BCUT2D eigenvalue weighted by Crippen LogP contribution is -2.39. The van der Waals surface area contributed by atoms with Gasteiger partial charge in [0.1, 0.15) is 11.6 Å². The zero-order valence-electron chi connectivity index (χ0n) is 14.3. The molecule has 0 radical (unpaired) electrons. The van der Waals surface area contributed by atoms with Crippen LogP contribution in [0.1, 0.15) is 18.5 Å². The third-order valence-electron chi connectivity index (χ3n) is 4.22. The lowest BCUT2D eigenvalue weighted by atomic mass is 10.1. The summed E-state index contributed by atoms with van der Waals surface area (Å²) in [5, 5.41) is 3.54. The first kappa shape index (κ1) is 17.0. The Bertz CT molecular complexity index is 697. The van der Waals surface area contributed by atoms with Gasteiger partial charge < -0.3 is 15.1 Å². The van der Waals surface area contributed by atoms with Crippen LogP contribution in [0.2, 0.25) is 0 Å². The maximum atomic E-state index is 4.67. The molecule has 6 nitrogen and oxygen atoms in total. The molecule has 0 saturated carbocycles. The average Bonchev–Trinajstić information content (AvgIpc) is 2.58. The molecule has 1 N–H and O–H groups in total. The van der Waals surface area contributed by atoms with Crippen molar-refractivity contribution in [3.8, 4) is 0 Å². The Morgan fingerprint density at radius 1 is 1.17 bits per heavy atom. The molecule has 0 amide bonds. The highest BCUT2D eigenvalue weighted by molar-refractivity contribution is 9.10. The molecule has 3 rings (SSSR count). The van der Waals surface area contributed by atoms with Crippen molar-refractivity contribution in [1.29, 1.82) is 0 Å². The molecule has 0 aliphatic carbocycles. The lowest BCUT2D eigenvalue weighted by Gasteiger charge is -2.33. The fourth-order valence-electron chi connectivity index (χ4n) is 2.81. The van der Waals surface area contributed by atoms with Gasteiger partial charge in [-0.2, -0.15) is 4.98 Å².